The fourth-order valence-electron chi connectivity index (χ4n) is 0.445. The summed E-state index contributed by atoms with van der Waals surface area (Å²) in [6.45, 7) is 3.32. The van der Waals surface area contributed by atoms with E-state index in [1.54, 1.807) is 0 Å². The molecule has 0 rings (SSSR count). The molecule has 1 atom stereocenters. The summed E-state index contributed by atoms with van der Waals surface area (Å²) in [6, 6.07) is 0. The fourth-order valence-corrected chi connectivity index (χ4v) is 0.445. The molecular formula is C10H10O3. The first-order valence-corrected chi connectivity index (χ1v) is 3.67. The lowest BCUT2D eigenvalue weighted by atomic mass is 10.3. The third kappa shape index (κ3) is 8.19. The summed E-state index contributed by atoms with van der Waals surface area (Å²) in [7, 11) is 0. The van der Waals surface area contributed by atoms with Crippen molar-refractivity contribution in [2.45, 2.75) is 18.9 Å². The number of carbonyl (C=O) groups is 1. The average molecular weight is 178 g/mol. The first-order chi connectivity index (χ1) is 6.16. The zero-order valence-electron chi connectivity index (χ0n) is 7.08. The molecule has 0 bridgehead atoms. The Labute approximate surface area is 77.1 Å². The molecule has 1 unspecified atom stereocenters. The smallest absolute Gasteiger partial charge is 0.304 e. The number of aliphatic carboxylic acids is 1. The fraction of sp³-hybridized carbons (Fsp3) is 0.300. The standard InChI is InChI=1S/C10H10O3/c1-2-9(11)7-5-3-4-6-8-10(12)13/h2,9,11H,1,6,8H2,(H,12,13). The van der Waals surface area contributed by atoms with Gasteiger partial charge in [-0.2, -0.15) is 0 Å². The molecule has 0 fully saturated rings. The van der Waals surface area contributed by atoms with Gasteiger partial charge in [-0.15, -0.1) is 0 Å². The molecule has 0 amide bonds. The molecule has 0 saturated heterocycles. The minimum atomic E-state index is -0.881. The number of hydrogen-bond acceptors (Lipinski definition) is 2. The molecule has 0 aromatic rings. The van der Waals surface area contributed by atoms with Crippen LogP contribution in [-0.2, 0) is 4.79 Å². The van der Waals surface area contributed by atoms with Crippen molar-refractivity contribution in [1.29, 1.82) is 0 Å². The van der Waals surface area contributed by atoms with E-state index in [2.05, 4.69) is 30.3 Å². The van der Waals surface area contributed by atoms with Gasteiger partial charge < -0.3 is 10.2 Å². The van der Waals surface area contributed by atoms with Crippen LogP contribution in [0.1, 0.15) is 12.8 Å². The van der Waals surface area contributed by atoms with Crippen LogP contribution in [-0.4, -0.2) is 22.3 Å². The van der Waals surface area contributed by atoms with Crippen molar-refractivity contribution in [2.24, 2.45) is 0 Å². The van der Waals surface area contributed by atoms with Crippen molar-refractivity contribution >= 4 is 5.97 Å². The second kappa shape index (κ2) is 6.97. The van der Waals surface area contributed by atoms with E-state index in [9.17, 15) is 4.79 Å². The lowest BCUT2D eigenvalue weighted by molar-refractivity contribution is -0.136. The Kier molecular flexibility index (Phi) is 6.05. The predicted octanol–water partition coefficient (Wildman–Crippen LogP) is 0.405. The van der Waals surface area contributed by atoms with Crippen LogP contribution in [0.25, 0.3) is 0 Å². The number of carboxylic acid groups (broad SMARTS) is 1. The maximum atomic E-state index is 10.0. The maximum Gasteiger partial charge on any atom is 0.304 e. The van der Waals surface area contributed by atoms with Crippen LogP contribution in [0.5, 0.6) is 0 Å². The van der Waals surface area contributed by atoms with Crippen molar-refractivity contribution in [3.05, 3.63) is 12.7 Å². The highest BCUT2D eigenvalue weighted by Crippen LogP contribution is 1.84. The molecule has 0 aliphatic carbocycles. The zero-order valence-corrected chi connectivity index (χ0v) is 7.08. The number of carboxylic acids is 1. The van der Waals surface area contributed by atoms with Crippen LogP contribution >= 0.6 is 0 Å². The second-order valence-electron chi connectivity index (χ2n) is 2.15. The quantitative estimate of drug-likeness (QED) is 0.486. The van der Waals surface area contributed by atoms with Crippen LogP contribution in [0.2, 0.25) is 0 Å². The molecule has 3 heteroatoms. The van der Waals surface area contributed by atoms with Gasteiger partial charge in [-0.05, 0) is 11.8 Å². The van der Waals surface area contributed by atoms with E-state index >= 15 is 0 Å². The minimum Gasteiger partial charge on any atom is -0.481 e. The summed E-state index contributed by atoms with van der Waals surface area (Å²) in [4.78, 5) is 10.0. The highest BCUT2D eigenvalue weighted by molar-refractivity contribution is 5.67. The topological polar surface area (TPSA) is 57.5 Å². The van der Waals surface area contributed by atoms with Crippen LogP contribution in [0.15, 0.2) is 12.7 Å². The molecule has 0 aliphatic heterocycles. The van der Waals surface area contributed by atoms with Crippen LogP contribution in [0, 0.1) is 23.7 Å². The van der Waals surface area contributed by atoms with Gasteiger partial charge in [0.05, 0.1) is 6.42 Å². The highest BCUT2D eigenvalue weighted by Gasteiger charge is 1.90. The Morgan fingerprint density at radius 1 is 1.54 bits per heavy atom. The SMILES string of the molecule is C=CC(O)C#CC#CCCC(=O)O. The molecule has 13 heavy (non-hydrogen) atoms. The Bertz CT molecular complexity index is 296. The van der Waals surface area contributed by atoms with Gasteiger partial charge in [0.1, 0.15) is 6.10 Å². The Balaban J connectivity index is 3.76. The van der Waals surface area contributed by atoms with E-state index in [-0.39, 0.29) is 12.8 Å². The van der Waals surface area contributed by atoms with E-state index in [1.165, 1.54) is 6.08 Å². The predicted molar refractivity (Wildman–Crippen MR) is 48.6 cm³/mol. The zero-order chi connectivity index (χ0) is 10.1. The number of aliphatic hydroxyl groups excluding tert-OH is 1. The normalized spacial score (nSPS) is 9.92. The van der Waals surface area contributed by atoms with Crippen LogP contribution in [0.4, 0.5) is 0 Å². The maximum absolute atomic E-state index is 10.0. The van der Waals surface area contributed by atoms with E-state index in [0.29, 0.717) is 0 Å². The van der Waals surface area contributed by atoms with Gasteiger partial charge in [-0.25, -0.2) is 0 Å². The van der Waals surface area contributed by atoms with Crippen LogP contribution < -0.4 is 0 Å². The third-order valence-electron chi connectivity index (χ3n) is 1.06. The summed E-state index contributed by atoms with van der Waals surface area (Å²) >= 11 is 0. The molecule has 0 aromatic carbocycles. The number of aliphatic hydroxyl groups is 1. The summed E-state index contributed by atoms with van der Waals surface area (Å²) in [5.74, 6) is 8.86. The van der Waals surface area contributed by atoms with Crippen LogP contribution in [0.3, 0.4) is 0 Å². The lowest BCUT2D eigenvalue weighted by Gasteiger charge is -1.86. The summed E-state index contributed by atoms with van der Waals surface area (Å²) in [5, 5.41) is 17.1. The molecular weight excluding hydrogens is 168 g/mol. The molecule has 0 spiro atoms. The molecule has 0 aromatic heterocycles. The molecule has 2 N–H and O–H groups in total. The first kappa shape index (κ1) is 11.3. The lowest BCUT2D eigenvalue weighted by Crippen LogP contribution is -1.94. The van der Waals surface area contributed by atoms with E-state index < -0.39 is 12.1 Å². The van der Waals surface area contributed by atoms with Crippen molar-refractivity contribution in [3.63, 3.8) is 0 Å². The summed E-state index contributed by atoms with van der Waals surface area (Å²) in [5.41, 5.74) is 0. The van der Waals surface area contributed by atoms with Gasteiger partial charge in [0.2, 0.25) is 0 Å². The van der Waals surface area contributed by atoms with Gasteiger partial charge in [-0.3, -0.25) is 4.79 Å². The average Bonchev–Trinajstić information content (AvgIpc) is 2.10. The Morgan fingerprint density at radius 2 is 2.23 bits per heavy atom. The summed E-state index contributed by atoms with van der Waals surface area (Å²) in [6.07, 6.45) is 0.701. The van der Waals surface area contributed by atoms with Gasteiger partial charge >= 0.3 is 5.97 Å². The van der Waals surface area contributed by atoms with Crippen molar-refractivity contribution in [2.75, 3.05) is 0 Å². The van der Waals surface area contributed by atoms with Crippen molar-refractivity contribution < 1.29 is 15.0 Å². The van der Waals surface area contributed by atoms with Crippen molar-refractivity contribution in [3.8, 4) is 23.7 Å². The number of rotatable bonds is 3. The molecule has 0 aliphatic rings. The third-order valence-corrected chi connectivity index (χ3v) is 1.06. The molecule has 0 radical (unpaired) electrons. The largest absolute Gasteiger partial charge is 0.481 e. The van der Waals surface area contributed by atoms with Gasteiger partial charge in [0.15, 0.2) is 0 Å². The Hall–Kier alpha value is -1.71. The molecule has 0 heterocycles. The van der Waals surface area contributed by atoms with Crippen molar-refractivity contribution in [1.82, 2.24) is 0 Å². The Morgan fingerprint density at radius 3 is 2.77 bits per heavy atom. The number of hydrogen-bond donors (Lipinski definition) is 2. The minimum absolute atomic E-state index is 0.0126. The van der Waals surface area contributed by atoms with Gasteiger partial charge in [0.25, 0.3) is 0 Å². The first-order valence-electron chi connectivity index (χ1n) is 3.67. The van der Waals surface area contributed by atoms with E-state index in [4.69, 9.17) is 10.2 Å². The van der Waals surface area contributed by atoms with E-state index in [1.807, 2.05) is 0 Å². The highest BCUT2D eigenvalue weighted by atomic mass is 16.4. The van der Waals surface area contributed by atoms with E-state index in [0.717, 1.165) is 0 Å². The summed E-state index contributed by atoms with van der Waals surface area (Å²) < 4.78 is 0. The molecule has 3 nitrogen and oxygen atoms in total. The van der Waals surface area contributed by atoms with Gasteiger partial charge in [0, 0.05) is 6.42 Å². The monoisotopic (exact) mass is 178 g/mol. The molecule has 68 valence electrons. The van der Waals surface area contributed by atoms with Gasteiger partial charge in [-0.1, -0.05) is 24.5 Å². The second-order valence-corrected chi connectivity index (χ2v) is 2.15. The molecule has 0 saturated carbocycles.